The first kappa shape index (κ1) is 9.83. The van der Waals surface area contributed by atoms with Crippen molar-refractivity contribution in [2.24, 2.45) is 0 Å². The van der Waals surface area contributed by atoms with Crippen LogP contribution in [0.2, 0.25) is 0 Å². The normalized spacial score (nSPS) is 12.4. The molecule has 0 bridgehead atoms. The molecule has 0 fully saturated rings. The molecule has 56 valence electrons. The topological polar surface area (TPSA) is 57.6 Å². The fraction of sp³-hybridized carbons (Fsp3) is 1.00. The zero-order valence-corrected chi connectivity index (χ0v) is 8.28. The Bertz CT molecular complexity index is 165. The van der Waals surface area contributed by atoms with E-state index in [9.17, 15) is 8.42 Å². The lowest BCUT2D eigenvalue weighted by Gasteiger charge is -2.00. The minimum atomic E-state index is -3.82. The monoisotopic (exact) mass is 281 g/mol. The van der Waals surface area contributed by atoms with Gasteiger partial charge in [0.15, 0.2) is 0 Å². The molecular formula is C2H5Br2NO3S. The summed E-state index contributed by atoms with van der Waals surface area (Å²) < 4.78 is 29.5. The Labute approximate surface area is 70.6 Å². The number of nitrogens with zero attached hydrogens (tertiary/aromatic N) is 1. The van der Waals surface area contributed by atoms with Crippen LogP contribution >= 0.6 is 32.3 Å². The first-order valence-corrected chi connectivity index (χ1v) is 4.99. The highest BCUT2D eigenvalue weighted by molar-refractivity contribution is 9.21. The molecule has 0 aromatic rings. The first-order valence-electron chi connectivity index (χ1n) is 1.96. The summed E-state index contributed by atoms with van der Waals surface area (Å²) >= 11 is 5.80. The van der Waals surface area contributed by atoms with Crippen LogP contribution in [0.25, 0.3) is 0 Å². The van der Waals surface area contributed by atoms with E-state index in [1.807, 2.05) is 0 Å². The Morgan fingerprint density at radius 3 is 2.00 bits per heavy atom. The fourth-order valence-electron chi connectivity index (χ4n) is 0.184. The summed E-state index contributed by atoms with van der Waals surface area (Å²) in [7, 11) is -3.82. The number of rotatable bonds is 3. The van der Waals surface area contributed by atoms with Gasteiger partial charge in [-0.1, -0.05) is 0 Å². The molecule has 4 nitrogen and oxygen atoms in total. The van der Waals surface area contributed by atoms with Crippen LogP contribution in [0, 0.1) is 0 Å². The van der Waals surface area contributed by atoms with E-state index in [1.165, 1.54) is 2.95 Å². The van der Waals surface area contributed by atoms with Crippen LogP contribution in [0.15, 0.2) is 0 Å². The lowest BCUT2D eigenvalue weighted by molar-refractivity contribution is 0.481. The van der Waals surface area contributed by atoms with E-state index in [0.717, 1.165) is 0 Å². The van der Waals surface area contributed by atoms with Crippen LogP contribution in [0.3, 0.4) is 0 Å². The van der Waals surface area contributed by atoms with Gasteiger partial charge in [-0.2, -0.15) is 11.4 Å². The molecule has 0 aliphatic carbocycles. The zero-order chi connectivity index (χ0) is 7.49. The molecule has 0 heterocycles. The van der Waals surface area contributed by atoms with Gasteiger partial charge in [0, 0.05) is 38.8 Å². The average molecular weight is 283 g/mol. The third kappa shape index (κ3) is 8.83. The molecule has 0 saturated heterocycles. The molecule has 7 heteroatoms. The average Bonchev–Trinajstić information content (AvgIpc) is 1.59. The smallest absolute Gasteiger partial charge is 0.266 e. The summed E-state index contributed by atoms with van der Waals surface area (Å²) in [5.74, 6) is -0.288. The van der Waals surface area contributed by atoms with E-state index in [1.54, 1.807) is 0 Å². The zero-order valence-electron chi connectivity index (χ0n) is 4.29. The van der Waals surface area contributed by atoms with Crippen molar-refractivity contribution in [3.63, 3.8) is 0 Å². The second-order valence-corrected chi connectivity index (χ2v) is 5.55. The van der Waals surface area contributed by atoms with Crippen LogP contribution in [0.1, 0.15) is 0 Å². The van der Waals surface area contributed by atoms with Crippen LogP contribution < -0.4 is 0 Å². The van der Waals surface area contributed by atoms with Gasteiger partial charge in [0.05, 0.1) is 5.75 Å². The van der Waals surface area contributed by atoms with Gasteiger partial charge in [0.25, 0.3) is 10.1 Å². The van der Waals surface area contributed by atoms with Crippen LogP contribution in [-0.4, -0.2) is 28.2 Å². The van der Waals surface area contributed by atoms with Crippen LogP contribution in [0.5, 0.6) is 0 Å². The van der Waals surface area contributed by atoms with Gasteiger partial charge in [-0.25, -0.2) is 0 Å². The molecule has 0 aromatic carbocycles. The first-order chi connectivity index (χ1) is 3.92. The lowest BCUT2D eigenvalue weighted by atomic mass is 10.8. The predicted molar refractivity (Wildman–Crippen MR) is 41.0 cm³/mol. The van der Waals surface area contributed by atoms with Crippen molar-refractivity contribution in [2.75, 3.05) is 12.3 Å². The summed E-state index contributed by atoms with van der Waals surface area (Å²) in [6.07, 6.45) is 0. The number of hydrogen-bond donors (Lipinski definition) is 1. The van der Waals surface area contributed by atoms with Crippen molar-refractivity contribution in [2.45, 2.75) is 0 Å². The third-order valence-corrected chi connectivity index (χ3v) is 1.93. The minimum absolute atomic E-state index is 0.193. The van der Waals surface area contributed by atoms with E-state index < -0.39 is 10.1 Å². The van der Waals surface area contributed by atoms with E-state index >= 15 is 0 Å². The molecule has 0 spiro atoms. The molecule has 0 rings (SSSR count). The van der Waals surface area contributed by atoms with Gasteiger partial charge in [-0.3, -0.25) is 4.55 Å². The van der Waals surface area contributed by atoms with Crippen molar-refractivity contribution in [3.05, 3.63) is 0 Å². The van der Waals surface area contributed by atoms with Crippen LogP contribution in [0.4, 0.5) is 0 Å². The molecule has 0 unspecified atom stereocenters. The second kappa shape index (κ2) is 3.87. The highest BCUT2D eigenvalue weighted by Gasteiger charge is 2.05. The molecule has 0 radical (unpaired) electrons. The predicted octanol–water partition coefficient (Wildman–Crippen LogP) is 0.796. The SMILES string of the molecule is O=S(=O)(O)CCN(Br)Br. The van der Waals surface area contributed by atoms with Crippen molar-refractivity contribution < 1.29 is 13.0 Å². The second-order valence-electron chi connectivity index (χ2n) is 1.31. The highest BCUT2D eigenvalue weighted by Crippen LogP contribution is 2.03. The molecular weight excluding hydrogens is 278 g/mol. The van der Waals surface area contributed by atoms with E-state index in [0.29, 0.717) is 0 Å². The molecule has 0 saturated carbocycles. The highest BCUT2D eigenvalue weighted by atomic mass is 79.9. The largest absolute Gasteiger partial charge is 0.286 e. The van der Waals surface area contributed by atoms with E-state index in [2.05, 4.69) is 32.3 Å². The Kier molecular flexibility index (Phi) is 4.22. The fourth-order valence-corrected chi connectivity index (χ4v) is 1.42. The maximum absolute atomic E-state index is 10.0. The number of hydrogen-bond acceptors (Lipinski definition) is 3. The van der Waals surface area contributed by atoms with E-state index in [-0.39, 0.29) is 12.3 Å². The summed E-state index contributed by atoms with van der Waals surface area (Å²) in [5.41, 5.74) is 0. The number of halogens is 2. The third-order valence-electron chi connectivity index (χ3n) is 0.518. The van der Waals surface area contributed by atoms with Crippen molar-refractivity contribution >= 4 is 42.4 Å². The van der Waals surface area contributed by atoms with Gasteiger partial charge < -0.3 is 0 Å². The standard InChI is InChI=1S/C2H5Br2NO3S/c3-5(4)1-2-9(6,7)8/h1-2H2,(H,6,7,8). The maximum Gasteiger partial charge on any atom is 0.266 e. The minimum Gasteiger partial charge on any atom is -0.286 e. The molecule has 0 atom stereocenters. The molecule has 9 heavy (non-hydrogen) atoms. The van der Waals surface area contributed by atoms with Gasteiger partial charge in [-0.15, -0.1) is 0 Å². The van der Waals surface area contributed by atoms with Gasteiger partial charge in [0.1, 0.15) is 0 Å². The summed E-state index contributed by atoms with van der Waals surface area (Å²) in [6, 6.07) is 0. The van der Waals surface area contributed by atoms with Crippen molar-refractivity contribution in [3.8, 4) is 0 Å². The summed E-state index contributed by atoms with van der Waals surface area (Å²) in [6.45, 7) is 0.193. The molecule has 1 N–H and O–H groups in total. The molecule has 0 aliphatic heterocycles. The lowest BCUT2D eigenvalue weighted by Crippen LogP contribution is -2.13. The maximum atomic E-state index is 10.0. The summed E-state index contributed by atoms with van der Waals surface area (Å²) in [5, 5.41) is 0. The Morgan fingerprint density at radius 1 is 1.44 bits per heavy atom. The van der Waals surface area contributed by atoms with Crippen LogP contribution in [-0.2, 0) is 10.1 Å². The Hall–Kier alpha value is 0.830. The van der Waals surface area contributed by atoms with Gasteiger partial charge in [-0.05, 0) is 0 Å². The molecule has 0 aliphatic rings. The summed E-state index contributed by atoms with van der Waals surface area (Å²) in [4.78, 5) is 0. The molecule has 0 aromatic heterocycles. The Morgan fingerprint density at radius 2 is 1.89 bits per heavy atom. The van der Waals surface area contributed by atoms with Gasteiger partial charge in [0.2, 0.25) is 0 Å². The Balaban J connectivity index is 3.53. The quantitative estimate of drug-likeness (QED) is 0.614. The van der Waals surface area contributed by atoms with Crippen molar-refractivity contribution in [1.29, 1.82) is 0 Å². The van der Waals surface area contributed by atoms with E-state index in [4.69, 9.17) is 4.55 Å². The van der Waals surface area contributed by atoms with Crippen molar-refractivity contribution in [1.82, 2.24) is 2.95 Å². The van der Waals surface area contributed by atoms with Gasteiger partial charge >= 0.3 is 0 Å². The molecule has 0 amide bonds.